The Kier molecular flexibility index (Phi) is 6.80. The number of carbonyl (C=O) groups is 1. The Bertz CT molecular complexity index is 852. The number of nitrogens with zero attached hydrogens (tertiary/aromatic N) is 1. The molecule has 2 rings (SSSR count). The standard InChI is InChI=1S/C18H21BrN2O4S/c1-13(14-4-8-16(25-3)9-5-14)20-18(22)12-21(2)26(23,24)17-10-6-15(19)7-11-17/h4-11,13H,12H2,1-3H3,(H,20,22)/t13-/m1/s1. The molecule has 0 saturated heterocycles. The van der Waals surface area contributed by atoms with Crippen LogP contribution in [0.2, 0.25) is 0 Å². The minimum absolute atomic E-state index is 0.138. The Labute approximate surface area is 162 Å². The summed E-state index contributed by atoms with van der Waals surface area (Å²) in [5.74, 6) is 0.351. The topological polar surface area (TPSA) is 75.7 Å². The molecule has 1 amide bonds. The van der Waals surface area contributed by atoms with Crippen LogP contribution in [0, 0.1) is 0 Å². The molecule has 0 saturated carbocycles. The summed E-state index contributed by atoms with van der Waals surface area (Å²) in [6.07, 6.45) is 0. The maximum Gasteiger partial charge on any atom is 0.243 e. The number of rotatable bonds is 7. The van der Waals surface area contributed by atoms with E-state index in [9.17, 15) is 13.2 Å². The molecule has 0 heterocycles. The fraction of sp³-hybridized carbons (Fsp3) is 0.278. The van der Waals surface area contributed by atoms with Crippen LogP contribution >= 0.6 is 15.9 Å². The van der Waals surface area contributed by atoms with Gasteiger partial charge < -0.3 is 10.1 Å². The van der Waals surface area contributed by atoms with Gasteiger partial charge in [-0.1, -0.05) is 28.1 Å². The zero-order valence-corrected chi connectivity index (χ0v) is 17.2. The van der Waals surface area contributed by atoms with Crippen molar-refractivity contribution in [3.63, 3.8) is 0 Å². The SMILES string of the molecule is COc1ccc([C@@H](C)NC(=O)CN(C)S(=O)(=O)c2ccc(Br)cc2)cc1. The van der Waals surface area contributed by atoms with Crippen molar-refractivity contribution in [2.24, 2.45) is 0 Å². The molecule has 8 heteroatoms. The Hall–Kier alpha value is -1.90. The lowest BCUT2D eigenvalue weighted by Crippen LogP contribution is -2.39. The number of ether oxygens (including phenoxy) is 1. The molecule has 0 radical (unpaired) electrons. The average molecular weight is 441 g/mol. The lowest BCUT2D eigenvalue weighted by Gasteiger charge is -2.19. The fourth-order valence-electron chi connectivity index (χ4n) is 2.34. The van der Waals surface area contributed by atoms with Gasteiger partial charge in [-0.3, -0.25) is 4.79 Å². The maximum atomic E-state index is 12.5. The minimum atomic E-state index is -3.73. The number of likely N-dealkylation sites (N-methyl/N-ethyl adjacent to an activating group) is 1. The molecule has 0 aliphatic carbocycles. The van der Waals surface area contributed by atoms with E-state index in [0.717, 1.165) is 20.1 Å². The number of carbonyl (C=O) groups excluding carboxylic acids is 1. The third kappa shape index (κ3) is 5.06. The number of benzene rings is 2. The molecular weight excluding hydrogens is 420 g/mol. The summed E-state index contributed by atoms with van der Waals surface area (Å²) in [6, 6.07) is 13.3. The number of hydrogen-bond donors (Lipinski definition) is 1. The van der Waals surface area contributed by atoms with Gasteiger partial charge in [-0.05, 0) is 48.9 Å². The second-order valence-corrected chi connectivity index (χ2v) is 8.74. The molecule has 0 fully saturated rings. The van der Waals surface area contributed by atoms with Gasteiger partial charge in [0.15, 0.2) is 0 Å². The zero-order valence-electron chi connectivity index (χ0n) is 14.8. The number of halogens is 1. The normalized spacial score (nSPS) is 12.7. The van der Waals surface area contributed by atoms with Crippen LogP contribution in [-0.2, 0) is 14.8 Å². The van der Waals surface area contributed by atoms with E-state index in [2.05, 4.69) is 21.2 Å². The molecule has 0 aliphatic rings. The van der Waals surface area contributed by atoms with E-state index in [1.807, 2.05) is 31.2 Å². The first-order valence-corrected chi connectivity index (χ1v) is 10.1. The van der Waals surface area contributed by atoms with E-state index in [1.54, 1.807) is 19.2 Å². The van der Waals surface area contributed by atoms with Crippen LogP contribution in [0.4, 0.5) is 0 Å². The molecule has 2 aromatic rings. The highest BCUT2D eigenvalue weighted by atomic mass is 79.9. The molecule has 0 aliphatic heterocycles. The summed E-state index contributed by atoms with van der Waals surface area (Å²) in [7, 11) is -0.756. The number of amides is 1. The molecule has 2 aromatic carbocycles. The zero-order chi connectivity index (χ0) is 19.3. The van der Waals surface area contributed by atoms with Gasteiger partial charge in [0.05, 0.1) is 24.6 Å². The van der Waals surface area contributed by atoms with E-state index >= 15 is 0 Å². The van der Waals surface area contributed by atoms with Crippen LogP contribution in [0.3, 0.4) is 0 Å². The summed E-state index contributed by atoms with van der Waals surface area (Å²) in [6.45, 7) is 1.57. The van der Waals surface area contributed by atoms with Crippen molar-refractivity contribution in [1.82, 2.24) is 9.62 Å². The van der Waals surface area contributed by atoms with Crippen molar-refractivity contribution in [3.05, 3.63) is 58.6 Å². The second-order valence-electron chi connectivity index (χ2n) is 5.78. The van der Waals surface area contributed by atoms with Crippen LogP contribution in [0.1, 0.15) is 18.5 Å². The van der Waals surface area contributed by atoms with Crippen molar-refractivity contribution in [2.45, 2.75) is 17.9 Å². The molecule has 6 nitrogen and oxygen atoms in total. The quantitative estimate of drug-likeness (QED) is 0.717. The fourth-order valence-corrected chi connectivity index (χ4v) is 3.73. The van der Waals surface area contributed by atoms with Crippen molar-refractivity contribution in [3.8, 4) is 5.75 Å². The Morgan fingerprint density at radius 3 is 2.27 bits per heavy atom. The van der Waals surface area contributed by atoms with E-state index in [-0.39, 0.29) is 23.4 Å². The van der Waals surface area contributed by atoms with Gasteiger partial charge in [-0.25, -0.2) is 8.42 Å². The van der Waals surface area contributed by atoms with Crippen molar-refractivity contribution < 1.29 is 17.9 Å². The number of hydrogen-bond acceptors (Lipinski definition) is 4. The predicted octanol–water partition coefficient (Wildman–Crippen LogP) is 2.96. The number of sulfonamides is 1. The summed E-state index contributed by atoms with van der Waals surface area (Å²) < 4.78 is 32.0. The van der Waals surface area contributed by atoms with Crippen molar-refractivity contribution in [2.75, 3.05) is 20.7 Å². The van der Waals surface area contributed by atoms with Gasteiger partial charge in [-0.2, -0.15) is 4.31 Å². The summed E-state index contributed by atoms with van der Waals surface area (Å²) in [5, 5.41) is 2.80. The highest BCUT2D eigenvalue weighted by Crippen LogP contribution is 2.19. The van der Waals surface area contributed by atoms with Crippen molar-refractivity contribution >= 4 is 31.9 Å². The summed E-state index contributed by atoms with van der Waals surface area (Å²) in [4.78, 5) is 12.4. The average Bonchev–Trinajstić information content (AvgIpc) is 2.61. The van der Waals surface area contributed by atoms with Crippen LogP contribution in [0.15, 0.2) is 57.9 Å². The third-order valence-electron chi connectivity index (χ3n) is 3.88. The van der Waals surface area contributed by atoms with Crippen LogP contribution in [-0.4, -0.2) is 39.3 Å². The van der Waals surface area contributed by atoms with Gasteiger partial charge in [0.2, 0.25) is 15.9 Å². The first-order chi connectivity index (χ1) is 12.2. The van der Waals surface area contributed by atoms with Gasteiger partial charge >= 0.3 is 0 Å². The van der Waals surface area contributed by atoms with Gasteiger partial charge in [0, 0.05) is 11.5 Å². The maximum absolute atomic E-state index is 12.5. The molecule has 0 spiro atoms. The predicted molar refractivity (Wildman–Crippen MR) is 104 cm³/mol. The molecular formula is C18H21BrN2O4S. The Morgan fingerprint density at radius 2 is 1.73 bits per heavy atom. The van der Waals surface area contributed by atoms with Gasteiger partial charge in [-0.15, -0.1) is 0 Å². The van der Waals surface area contributed by atoms with Crippen LogP contribution in [0.25, 0.3) is 0 Å². The molecule has 1 N–H and O–H groups in total. The Morgan fingerprint density at radius 1 is 1.15 bits per heavy atom. The lowest BCUT2D eigenvalue weighted by atomic mass is 10.1. The highest BCUT2D eigenvalue weighted by molar-refractivity contribution is 9.10. The second kappa shape index (κ2) is 8.66. The molecule has 0 bridgehead atoms. The molecule has 0 unspecified atom stereocenters. The van der Waals surface area contributed by atoms with Crippen molar-refractivity contribution in [1.29, 1.82) is 0 Å². The molecule has 1 atom stereocenters. The molecule has 140 valence electrons. The summed E-state index contributed by atoms with van der Waals surface area (Å²) >= 11 is 3.27. The third-order valence-corrected chi connectivity index (χ3v) is 6.23. The molecule has 26 heavy (non-hydrogen) atoms. The van der Waals surface area contributed by atoms with Gasteiger partial charge in [0.1, 0.15) is 5.75 Å². The number of methoxy groups -OCH3 is 1. The monoisotopic (exact) mass is 440 g/mol. The highest BCUT2D eigenvalue weighted by Gasteiger charge is 2.23. The smallest absolute Gasteiger partial charge is 0.243 e. The van der Waals surface area contributed by atoms with Gasteiger partial charge in [0.25, 0.3) is 0 Å². The van der Waals surface area contributed by atoms with E-state index < -0.39 is 10.0 Å². The molecule has 0 aromatic heterocycles. The first-order valence-electron chi connectivity index (χ1n) is 7.89. The van der Waals surface area contributed by atoms with E-state index in [4.69, 9.17) is 4.74 Å². The summed E-state index contributed by atoms with van der Waals surface area (Å²) in [5.41, 5.74) is 0.901. The lowest BCUT2D eigenvalue weighted by molar-refractivity contribution is -0.121. The van der Waals surface area contributed by atoms with E-state index in [0.29, 0.717) is 0 Å². The van der Waals surface area contributed by atoms with Crippen LogP contribution in [0.5, 0.6) is 5.75 Å². The largest absolute Gasteiger partial charge is 0.497 e. The Balaban J connectivity index is 2.00. The number of nitrogens with one attached hydrogen (secondary N) is 1. The minimum Gasteiger partial charge on any atom is -0.497 e. The van der Waals surface area contributed by atoms with E-state index in [1.165, 1.54) is 19.2 Å². The van der Waals surface area contributed by atoms with Crippen LogP contribution < -0.4 is 10.1 Å². The first kappa shape index (κ1) is 20.4.